The Labute approximate surface area is 141 Å². The molecule has 122 valence electrons. The summed E-state index contributed by atoms with van der Waals surface area (Å²) in [5.74, 6) is -0.571. The lowest BCUT2D eigenvalue weighted by Crippen LogP contribution is -2.37. The van der Waals surface area contributed by atoms with Crippen molar-refractivity contribution in [1.29, 1.82) is 5.26 Å². The zero-order valence-corrected chi connectivity index (χ0v) is 14.0. The molecule has 2 rings (SSSR count). The first-order valence-corrected chi connectivity index (χ1v) is 7.56. The summed E-state index contributed by atoms with van der Waals surface area (Å²) >= 11 is 0. The highest BCUT2D eigenvalue weighted by molar-refractivity contribution is 6.02. The second-order valence-electron chi connectivity index (χ2n) is 5.60. The van der Waals surface area contributed by atoms with Crippen LogP contribution in [0.15, 0.2) is 42.5 Å². The molecule has 0 aliphatic heterocycles. The molecule has 0 atom stereocenters. The van der Waals surface area contributed by atoms with Gasteiger partial charge in [0.2, 0.25) is 11.8 Å². The molecule has 2 aromatic rings. The van der Waals surface area contributed by atoms with E-state index in [1.165, 1.54) is 11.8 Å². The minimum absolute atomic E-state index is 0.112. The van der Waals surface area contributed by atoms with Crippen LogP contribution in [0.25, 0.3) is 0 Å². The molecule has 2 aromatic carbocycles. The van der Waals surface area contributed by atoms with E-state index in [-0.39, 0.29) is 18.4 Å². The van der Waals surface area contributed by atoms with E-state index < -0.39 is 0 Å². The Balaban J connectivity index is 2.20. The van der Waals surface area contributed by atoms with Gasteiger partial charge in [-0.3, -0.25) is 9.59 Å². The molecule has 0 saturated carbocycles. The van der Waals surface area contributed by atoms with Gasteiger partial charge in [0.25, 0.3) is 0 Å². The Hall–Kier alpha value is -3.13. The van der Waals surface area contributed by atoms with Crippen molar-refractivity contribution in [2.45, 2.75) is 20.8 Å². The molecule has 1 N–H and O–H groups in total. The fourth-order valence-electron chi connectivity index (χ4n) is 2.50. The summed E-state index contributed by atoms with van der Waals surface area (Å²) in [7, 11) is 0. The normalized spacial score (nSPS) is 9.92. The van der Waals surface area contributed by atoms with Crippen molar-refractivity contribution >= 4 is 23.2 Å². The van der Waals surface area contributed by atoms with Gasteiger partial charge in [0.15, 0.2) is 0 Å². The molecule has 24 heavy (non-hydrogen) atoms. The highest BCUT2D eigenvalue weighted by atomic mass is 16.2. The first-order valence-electron chi connectivity index (χ1n) is 7.56. The van der Waals surface area contributed by atoms with Crippen LogP contribution in [0.4, 0.5) is 11.4 Å². The van der Waals surface area contributed by atoms with Crippen molar-refractivity contribution in [3.05, 3.63) is 59.2 Å². The van der Waals surface area contributed by atoms with Gasteiger partial charge in [0, 0.05) is 12.6 Å². The SMILES string of the molecule is CC(=O)N(CC(=O)Nc1ccccc1C#N)c1ccc(C)cc1C. The third-order valence-corrected chi connectivity index (χ3v) is 3.65. The van der Waals surface area contributed by atoms with E-state index in [9.17, 15) is 9.59 Å². The number of rotatable bonds is 4. The first-order chi connectivity index (χ1) is 11.4. The van der Waals surface area contributed by atoms with E-state index in [1.807, 2.05) is 38.1 Å². The topological polar surface area (TPSA) is 73.2 Å². The van der Waals surface area contributed by atoms with Crippen molar-refractivity contribution in [2.75, 3.05) is 16.8 Å². The number of hydrogen-bond acceptors (Lipinski definition) is 3. The summed E-state index contributed by atoms with van der Waals surface area (Å²) in [6.45, 7) is 5.19. The van der Waals surface area contributed by atoms with Crippen molar-refractivity contribution in [1.82, 2.24) is 0 Å². The largest absolute Gasteiger partial charge is 0.323 e. The van der Waals surface area contributed by atoms with Crippen LogP contribution in [-0.2, 0) is 9.59 Å². The highest BCUT2D eigenvalue weighted by Gasteiger charge is 2.18. The number of anilines is 2. The third-order valence-electron chi connectivity index (χ3n) is 3.65. The van der Waals surface area contributed by atoms with E-state index in [4.69, 9.17) is 5.26 Å². The van der Waals surface area contributed by atoms with Gasteiger partial charge in [-0.15, -0.1) is 0 Å². The van der Waals surface area contributed by atoms with Gasteiger partial charge < -0.3 is 10.2 Å². The summed E-state index contributed by atoms with van der Waals surface area (Å²) in [4.78, 5) is 25.7. The molecule has 0 aliphatic carbocycles. The van der Waals surface area contributed by atoms with Crippen molar-refractivity contribution in [3.8, 4) is 6.07 Å². The zero-order valence-electron chi connectivity index (χ0n) is 14.0. The predicted molar refractivity (Wildman–Crippen MR) is 93.7 cm³/mol. The average Bonchev–Trinajstić information content (AvgIpc) is 2.53. The van der Waals surface area contributed by atoms with Crippen LogP contribution in [0.2, 0.25) is 0 Å². The van der Waals surface area contributed by atoms with E-state index in [0.29, 0.717) is 16.9 Å². The van der Waals surface area contributed by atoms with E-state index in [2.05, 4.69) is 5.32 Å². The Morgan fingerprint density at radius 1 is 1.17 bits per heavy atom. The monoisotopic (exact) mass is 321 g/mol. The molecular weight excluding hydrogens is 302 g/mol. The average molecular weight is 321 g/mol. The standard InChI is InChI=1S/C19H19N3O2/c1-13-8-9-18(14(2)10-13)22(15(3)23)12-19(24)21-17-7-5-4-6-16(17)11-20/h4-10H,12H2,1-3H3,(H,21,24). The summed E-state index contributed by atoms with van der Waals surface area (Å²) in [6, 6.07) is 14.5. The van der Waals surface area contributed by atoms with Gasteiger partial charge in [0.1, 0.15) is 12.6 Å². The number of amides is 2. The van der Waals surface area contributed by atoms with Gasteiger partial charge >= 0.3 is 0 Å². The van der Waals surface area contributed by atoms with Gasteiger partial charge in [-0.25, -0.2) is 0 Å². The number of hydrogen-bond donors (Lipinski definition) is 1. The Morgan fingerprint density at radius 2 is 1.88 bits per heavy atom. The molecule has 0 spiro atoms. The van der Waals surface area contributed by atoms with Crippen LogP contribution in [0, 0.1) is 25.2 Å². The minimum atomic E-state index is -0.354. The summed E-state index contributed by atoms with van der Waals surface area (Å²) in [5, 5.41) is 11.8. The molecule has 0 aliphatic rings. The van der Waals surface area contributed by atoms with E-state index >= 15 is 0 Å². The Bertz CT molecular complexity index is 822. The van der Waals surface area contributed by atoms with Crippen molar-refractivity contribution < 1.29 is 9.59 Å². The third kappa shape index (κ3) is 3.99. The van der Waals surface area contributed by atoms with Gasteiger partial charge in [0.05, 0.1) is 11.3 Å². The lowest BCUT2D eigenvalue weighted by molar-refractivity contribution is -0.120. The number of carbonyl (C=O) groups excluding carboxylic acids is 2. The fraction of sp³-hybridized carbons (Fsp3) is 0.211. The Morgan fingerprint density at radius 3 is 2.50 bits per heavy atom. The lowest BCUT2D eigenvalue weighted by atomic mass is 10.1. The van der Waals surface area contributed by atoms with Gasteiger partial charge in [-0.05, 0) is 37.6 Å². The molecule has 2 amide bonds. The first kappa shape index (κ1) is 17.2. The van der Waals surface area contributed by atoms with Gasteiger partial charge in [-0.1, -0.05) is 29.8 Å². The van der Waals surface area contributed by atoms with Crippen molar-refractivity contribution in [2.24, 2.45) is 0 Å². The molecule has 0 aromatic heterocycles. The summed E-state index contributed by atoms with van der Waals surface area (Å²) in [5.41, 5.74) is 3.54. The molecule has 0 saturated heterocycles. The summed E-state index contributed by atoms with van der Waals surface area (Å²) in [6.07, 6.45) is 0. The molecule has 0 bridgehead atoms. The van der Waals surface area contributed by atoms with Crippen LogP contribution in [-0.4, -0.2) is 18.4 Å². The maximum Gasteiger partial charge on any atom is 0.244 e. The number of carbonyl (C=O) groups is 2. The number of aryl methyl sites for hydroxylation is 2. The van der Waals surface area contributed by atoms with E-state index in [1.54, 1.807) is 24.3 Å². The van der Waals surface area contributed by atoms with Crippen LogP contribution in [0.1, 0.15) is 23.6 Å². The van der Waals surface area contributed by atoms with Crippen LogP contribution in [0.5, 0.6) is 0 Å². The molecule has 0 radical (unpaired) electrons. The molecule has 5 nitrogen and oxygen atoms in total. The van der Waals surface area contributed by atoms with Crippen LogP contribution in [0.3, 0.4) is 0 Å². The van der Waals surface area contributed by atoms with Crippen molar-refractivity contribution in [3.63, 3.8) is 0 Å². The highest BCUT2D eigenvalue weighted by Crippen LogP contribution is 2.22. The maximum atomic E-state index is 12.3. The quantitative estimate of drug-likeness (QED) is 0.940. The fourth-order valence-corrected chi connectivity index (χ4v) is 2.50. The second-order valence-corrected chi connectivity index (χ2v) is 5.60. The van der Waals surface area contributed by atoms with Gasteiger partial charge in [-0.2, -0.15) is 5.26 Å². The minimum Gasteiger partial charge on any atom is -0.323 e. The number of nitrogens with zero attached hydrogens (tertiary/aromatic N) is 2. The maximum absolute atomic E-state index is 12.3. The molecule has 0 heterocycles. The zero-order chi connectivity index (χ0) is 17.7. The number of benzene rings is 2. The predicted octanol–water partition coefficient (Wildman–Crippen LogP) is 3.17. The molecular formula is C19H19N3O2. The van der Waals surface area contributed by atoms with Crippen LogP contribution < -0.4 is 10.2 Å². The summed E-state index contributed by atoms with van der Waals surface area (Å²) < 4.78 is 0. The smallest absolute Gasteiger partial charge is 0.244 e. The molecule has 0 fully saturated rings. The lowest BCUT2D eigenvalue weighted by Gasteiger charge is -2.23. The Kier molecular flexibility index (Phi) is 5.33. The number of para-hydroxylation sites is 1. The number of nitriles is 1. The number of nitrogens with one attached hydrogen (secondary N) is 1. The van der Waals surface area contributed by atoms with E-state index in [0.717, 1.165) is 11.1 Å². The molecule has 5 heteroatoms. The molecule has 0 unspecified atom stereocenters. The second kappa shape index (κ2) is 7.42. The van der Waals surface area contributed by atoms with Crippen LogP contribution >= 0.6 is 0 Å².